The van der Waals surface area contributed by atoms with Gasteiger partial charge in [-0.3, -0.25) is 4.79 Å². The maximum absolute atomic E-state index is 11.8. The minimum absolute atomic E-state index is 0.00748. The average molecular weight is 226 g/mol. The van der Waals surface area contributed by atoms with Gasteiger partial charge in [-0.2, -0.15) is 0 Å². The molecule has 0 spiro atoms. The van der Waals surface area contributed by atoms with Crippen molar-refractivity contribution in [2.45, 2.75) is 65.0 Å². The Hall–Kier alpha value is -0.570. The van der Waals surface area contributed by atoms with E-state index >= 15 is 0 Å². The van der Waals surface area contributed by atoms with Gasteiger partial charge < -0.3 is 11.1 Å². The SMILES string of the molecule is CC(C)C(N)C(=O)N[C@@H](C)C1CCCCC1. The summed E-state index contributed by atoms with van der Waals surface area (Å²) in [5.41, 5.74) is 5.83. The fourth-order valence-electron chi connectivity index (χ4n) is 2.38. The number of hydrogen-bond donors (Lipinski definition) is 2. The summed E-state index contributed by atoms with van der Waals surface area (Å²) in [5.74, 6) is 0.865. The molecule has 3 nitrogen and oxygen atoms in total. The second-order valence-corrected chi connectivity index (χ2v) is 5.47. The van der Waals surface area contributed by atoms with Gasteiger partial charge in [0.25, 0.3) is 0 Å². The summed E-state index contributed by atoms with van der Waals surface area (Å²) < 4.78 is 0. The van der Waals surface area contributed by atoms with Crippen LogP contribution in [0.5, 0.6) is 0 Å². The summed E-state index contributed by atoms with van der Waals surface area (Å²) in [6, 6.07) is -0.0939. The molecule has 1 aliphatic rings. The molecule has 1 aliphatic carbocycles. The standard InChI is InChI=1S/C13H26N2O/c1-9(2)12(14)13(16)15-10(3)11-7-5-4-6-8-11/h9-12H,4-8,14H2,1-3H3,(H,15,16)/t10-,12?/m0/s1. The van der Waals surface area contributed by atoms with Crippen molar-refractivity contribution in [3.8, 4) is 0 Å². The molecule has 16 heavy (non-hydrogen) atoms. The Labute approximate surface area is 99.2 Å². The van der Waals surface area contributed by atoms with Crippen molar-refractivity contribution in [1.29, 1.82) is 0 Å². The van der Waals surface area contributed by atoms with E-state index in [-0.39, 0.29) is 23.9 Å². The molecule has 0 heterocycles. The Kier molecular flexibility index (Phi) is 5.26. The molecule has 0 radical (unpaired) electrons. The molecule has 0 aromatic carbocycles. The molecule has 1 unspecified atom stereocenters. The molecule has 3 N–H and O–H groups in total. The van der Waals surface area contributed by atoms with Crippen LogP contribution in [-0.4, -0.2) is 18.0 Å². The van der Waals surface area contributed by atoms with Crippen molar-refractivity contribution in [3.63, 3.8) is 0 Å². The number of hydrogen-bond acceptors (Lipinski definition) is 2. The van der Waals surface area contributed by atoms with E-state index in [4.69, 9.17) is 5.73 Å². The van der Waals surface area contributed by atoms with Gasteiger partial charge in [0.2, 0.25) is 5.91 Å². The fourth-order valence-corrected chi connectivity index (χ4v) is 2.38. The highest BCUT2D eigenvalue weighted by molar-refractivity contribution is 5.81. The van der Waals surface area contributed by atoms with E-state index in [2.05, 4.69) is 12.2 Å². The normalized spacial score (nSPS) is 21.8. The molecule has 0 aromatic rings. The zero-order valence-corrected chi connectivity index (χ0v) is 10.8. The molecule has 1 saturated carbocycles. The smallest absolute Gasteiger partial charge is 0.237 e. The van der Waals surface area contributed by atoms with E-state index in [1.807, 2.05) is 13.8 Å². The molecule has 0 aromatic heterocycles. The van der Waals surface area contributed by atoms with Gasteiger partial charge in [0.1, 0.15) is 0 Å². The first kappa shape index (κ1) is 13.5. The maximum Gasteiger partial charge on any atom is 0.237 e. The van der Waals surface area contributed by atoms with Crippen LogP contribution in [0.2, 0.25) is 0 Å². The Balaban J connectivity index is 2.37. The van der Waals surface area contributed by atoms with Crippen LogP contribution < -0.4 is 11.1 Å². The molecule has 0 bridgehead atoms. The number of nitrogens with one attached hydrogen (secondary N) is 1. The molecule has 0 aliphatic heterocycles. The molecule has 1 amide bonds. The number of rotatable bonds is 4. The Bertz CT molecular complexity index is 222. The van der Waals surface area contributed by atoms with Crippen LogP contribution in [0.4, 0.5) is 0 Å². The third kappa shape index (κ3) is 3.78. The summed E-state index contributed by atoms with van der Waals surface area (Å²) in [6.07, 6.45) is 6.46. The van der Waals surface area contributed by atoms with E-state index in [1.165, 1.54) is 32.1 Å². The first-order valence-corrected chi connectivity index (χ1v) is 6.58. The van der Waals surface area contributed by atoms with Crippen LogP contribution in [0, 0.1) is 11.8 Å². The lowest BCUT2D eigenvalue weighted by Gasteiger charge is -2.29. The summed E-state index contributed by atoms with van der Waals surface area (Å²) >= 11 is 0. The van der Waals surface area contributed by atoms with Crippen molar-refractivity contribution < 1.29 is 4.79 Å². The molecule has 3 heteroatoms. The lowest BCUT2D eigenvalue weighted by molar-refractivity contribution is -0.124. The van der Waals surface area contributed by atoms with Gasteiger partial charge in [-0.15, -0.1) is 0 Å². The van der Waals surface area contributed by atoms with Gasteiger partial charge in [0, 0.05) is 6.04 Å². The van der Waals surface area contributed by atoms with Crippen LogP contribution >= 0.6 is 0 Å². The first-order valence-electron chi connectivity index (χ1n) is 6.58. The lowest BCUT2D eigenvalue weighted by Crippen LogP contribution is -2.49. The summed E-state index contributed by atoms with van der Waals surface area (Å²) in [7, 11) is 0. The summed E-state index contributed by atoms with van der Waals surface area (Å²) in [5, 5.41) is 3.07. The van der Waals surface area contributed by atoms with Gasteiger partial charge in [0.15, 0.2) is 0 Å². The van der Waals surface area contributed by atoms with Gasteiger partial charge in [0.05, 0.1) is 6.04 Å². The minimum atomic E-state index is -0.369. The van der Waals surface area contributed by atoms with Gasteiger partial charge in [-0.05, 0) is 31.6 Å². The van der Waals surface area contributed by atoms with E-state index in [0.717, 1.165) is 0 Å². The number of carbonyl (C=O) groups is 1. The zero-order valence-electron chi connectivity index (χ0n) is 10.8. The Morgan fingerprint density at radius 3 is 2.25 bits per heavy atom. The van der Waals surface area contributed by atoms with Crippen molar-refractivity contribution >= 4 is 5.91 Å². The first-order chi connectivity index (χ1) is 7.52. The average Bonchev–Trinajstić information content (AvgIpc) is 2.28. The largest absolute Gasteiger partial charge is 0.352 e. The minimum Gasteiger partial charge on any atom is -0.352 e. The highest BCUT2D eigenvalue weighted by atomic mass is 16.2. The fraction of sp³-hybridized carbons (Fsp3) is 0.923. The number of nitrogens with two attached hydrogens (primary N) is 1. The molecule has 1 rings (SSSR count). The molecule has 1 fully saturated rings. The predicted molar refractivity (Wildman–Crippen MR) is 67.0 cm³/mol. The third-order valence-corrected chi connectivity index (χ3v) is 3.75. The lowest BCUT2D eigenvalue weighted by atomic mass is 9.84. The van der Waals surface area contributed by atoms with Crippen LogP contribution in [0.15, 0.2) is 0 Å². The number of carbonyl (C=O) groups excluding carboxylic acids is 1. The van der Waals surface area contributed by atoms with E-state index in [0.29, 0.717) is 5.92 Å². The van der Waals surface area contributed by atoms with Crippen LogP contribution in [0.1, 0.15) is 52.9 Å². The van der Waals surface area contributed by atoms with Crippen molar-refractivity contribution in [2.75, 3.05) is 0 Å². The molecular formula is C13H26N2O. The van der Waals surface area contributed by atoms with Crippen LogP contribution in [0.25, 0.3) is 0 Å². The quantitative estimate of drug-likeness (QED) is 0.771. The van der Waals surface area contributed by atoms with Crippen LogP contribution in [-0.2, 0) is 4.79 Å². The Morgan fingerprint density at radius 1 is 1.19 bits per heavy atom. The van der Waals surface area contributed by atoms with E-state index in [9.17, 15) is 4.79 Å². The van der Waals surface area contributed by atoms with Crippen LogP contribution in [0.3, 0.4) is 0 Å². The van der Waals surface area contributed by atoms with E-state index in [1.54, 1.807) is 0 Å². The van der Waals surface area contributed by atoms with Gasteiger partial charge in [-0.25, -0.2) is 0 Å². The molecular weight excluding hydrogens is 200 g/mol. The molecule has 94 valence electrons. The highest BCUT2D eigenvalue weighted by Crippen LogP contribution is 2.26. The second kappa shape index (κ2) is 6.24. The highest BCUT2D eigenvalue weighted by Gasteiger charge is 2.24. The monoisotopic (exact) mass is 226 g/mol. The summed E-state index contributed by atoms with van der Waals surface area (Å²) in [4.78, 5) is 11.8. The number of amides is 1. The van der Waals surface area contributed by atoms with E-state index < -0.39 is 0 Å². The maximum atomic E-state index is 11.8. The molecule has 2 atom stereocenters. The van der Waals surface area contributed by atoms with Crippen molar-refractivity contribution in [3.05, 3.63) is 0 Å². The predicted octanol–water partition coefficient (Wildman–Crippen LogP) is 2.05. The van der Waals surface area contributed by atoms with Crippen molar-refractivity contribution in [1.82, 2.24) is 5.32 Å². The summed E-state index contributed by atoms with van der Waals surface area (Å²) in [6.45, 7) is 6.08. The molecule has 0 saturated heterocycles. The van der Waals surface area contributed by atoms with Crippen molar-refractivity contribution in [2.24, 2.45) is 17.6 Å². The van der Waals surface area contributed by atoms with Gasteiger partial charge >= 0.3 is 0 Å². The third-order valence-electron chi connectivity index (χ3n) is 3.75. The van der Waals surface area contributed by atoms with Gasteiger partial charge in [-0.1, -0.05) is 33.1 Å². The second-order valence-electron chi connectivity index (χ2n) is 5.47. The topological polar surface area (TPSA) is 55.1 Å². The zero-order chi connectivity index (χ0) is 12.1. The Morgan fingerprint density at radius 2 is 1.75 bits per heavy atom.